The molecule has 0 N–H and O–H groups in total. The largest absolute Gasteiger partial charge is 0.495 e. The van der Waals surface area contributed by atoms with Gasteiger partial charge in [-0.3, -0.25) is 4.79 Å². The second-order valence-corrected chi connectivity index (χ2v) is 5.57. The van der Waals surface area contributed by atoms with Crippen molar-refractivity contribution in [2.45, 2.75) is 4.90 Å². The number of amides is 1. The van der Waals surface area contributed by atoms with Crippen LogP contribution in [0.5, 0.6) is 5.75 Å². The standard InChI is InChI=1S/C15H14BrNO2S/c1-17(13-5-3-4-6-14(13)19-2)15(18)11-9-10(20)7-8-12(11)16/h3-9,20H,1-2H3. The van der Waals surface area contributed by atoms with E-state index in [1.165, 1.54) is 0 Å². The topological polar surface area (TPSA) is 29.5 Å². The Balaban J connectivity index is 2.40. The van der Waals surface area contributed by atoms with E-state index >= 15 is 0 Å². The highest BCUT2D eigenvalue weighted by molar-refractivity contribution is 9.10. The molecule has 0 spiro atoms. The molecule has 3 nitrogen and oxygen atoms in total. The molecule has 0 saturated heterocycles. The molecule has 0 heterocycles. The number of carbonyl (C=O) groups is 1. The highest BCUT2D eigenvalue weighted by Gasteiger charge is 2.19. The minimum Gasteiger partial charge on any atom is -0.495 e. The second kappa shape index (κ2) is 6.33. The van der Waals surface area contributed by atoms with Gasteiger partial charge in [-0.1, -0.05) is 12.1 Å². The number of ether oxygens (including phenoxy) is 1. The van der Waals surface area contributed by atoms with E-state index in [0.717, 1.165) is 15.1 Å². The first-order valence-corrected chi connectivity index (χ1v) is 7.18. The third kappa shape index (κ3) is 2.99. The molecule has 0 atom stereocenters. The van der Waals surface area contributed by atoms with Crippen molar-refractivity contribution >= 4 is 40.2 Å². The van der Waals surface area contributed by atoms with Crippen molar-refractivity contribution < 1.29 is 9.53 Å². The molecule has 104 valence electrons. The van der Waals surface area contributed by atoms with Crippen LogP contribution in [0.2, 0.25) is 0 Å². The number of nitrogens with zero attached hydrogens (tertiary/aromatic N) is 1. The van der Waals surface area contributed by atoms with E-state index in [9.17, 15) is 4.79 Å². The maximum atomic E-state index is 12.6. The average Bonchev–Trinajstić information content (AvgIpc) is 2.48. The molecular weight excluding hydrogens is 338 g/mol. The predicted octanol–water partition coefficient (Wildman–Crippen LogP) is 4.02. The molecule has 0 aromatic heterocycles. The van der Waals surface area contributed by atoms with Crippen LogP contribution in [0.4, 0.5) is 5.69 Å². The highest BCUT2D eigenvalue weighted by Crippen LogP contribution is 2.29. The van der Waals surface area contributed by atoms with Crippen LogP contribution < -0.4 is 9.64 Å². The number of halogens is 1. The maximum Gasteiger partial charge on any atom is 0.259 e. The lowest BCUT2D eigenvalue weighted by Crippen LogP contribution is -2.27. The SMILES string of the molecule is COc1ccccc1N(C)C(=O)c1cc(S)ccc1Br. The van der Waals surface area contributed by atoms with Gasteiger partial charge in [0.05, 0.1) is 18.4 Å². The monoisotopic (exact) mass is 351 g/mol. The van der Waals surface area contributed by atoms with Gasteiger partial charge in [-0.25, -0.2) is 0 Å². The lowest BCUT2D eigenvalue weighted by Gasteiger charge is -2.20. The molecule has 0 aliphatic carbocycles. The van der Waals surface area contributed by atoms with E-state index in [1.807, 2.05) is 36.4 Å². The number of anilines is 1. The van der Waals surface area contributed by atoms with E-state index in [-0.39, 0.29) is 5.91 Å². The van der Waals surface area contributed by atoms with Gasteiger partial charge in [-0.05, 0) is 46.3 Å². The lowest BCUT2D eigenvalue weighted by molar-refractivity contribution is 0.0991. The highest BCUT2D eigenvalue weighted by atomic mass is 79.9. The number of rotatable bonds is 3. The number of methoxy groups -OCH3 is 1. The van der Waals surface area contributed by atoms with Crippen molar-refractivity contribution in [3.63, 3.8) is 0 Å². The van der Waals surface area contributed by atoms with Crippen LogP contribution >= 0.6 is 28.6 Å². The third-order valence-electron chi connectivity index (χ3n) is 2.93. The van der Waals surface area contributed by atoms with E-state index in [4.69, 9.17) is 4.74 Å². The minimum atomic E-state index is -0.128. The number of hydrogen-bond acceptors (Lipinski definition) is 3. The Kier molecular flexibility index (Phi) is 4.73. The van der Waals surface area contributed by atoms with Crippen LogP contribution in [0.25, 0.3) is 0 Å². The average molecular weight is 352 g/mol. The Morgan fingerprint density at radius 1 is 1.25 bits per heavy atom. The van der Waals surface area contributed by atoms with Crippen LogP contribution in [0.1, 0.15) is 10.4 Å². The molecule has 5 heteroatoms. The van der Waals surface area contributed by atoms with Gasteiger partial charge in [0.2, 0.25) is 0 Å². The van der Waals surface area contributed by atoms with Gasteiger partial charge >= 0.3 is 0 Å². The molecule has 0 radical (unpaired) electrons. The summed E-state index contributed by atoms with van der Waals surface area (Å²) in [6.07, 6.45) is 0. The summed E-state index contributed by atoms with van der Waals surface area (Å²) in [4.78, 5) is 14.9. The Morgan fingerprint density at radius 3 is 2.65 bits per heavy atom. The summed E-state index contributed by atoms with van der Waals surface area (Å²) in [5.41, 5.74) is 1.28. The molecule has 0 bridgehead atoms. The third-order valence-corrected chi connectivity index (χ3v) is 3.90. The second-order valence-electron chi connectivity index (χ2n) is 4.20. The molecule has 1 amide bonds. The van der Waals surface area contributed by atoms with Gasteiger partial charge in [0.25, 0.3) is 5.91 Å². The van der Waals surface area contributed by atoms with Gasteiger partial charge in [0.1, 0.15) is 5.75 Å². The summed E-state index contributed by atoms with van der Waals surface area (Å²) in [7, 11) is 3.30. The normalized spacial score (nSPS) is 10.2. The number of hydrogen-bond donors (Lipinski definition) is 1. The molecule has 0 fully saturated rings. The zero-order valence-electron chi connectivity index (χ0n) is 11.1. The Hall–Kier alpha value is -1.46. The number of carbonyl (C=O) groups excluding carboxylic acids is 1. The molecule has 0 saturated carbocycles. The number of para-hydroxylation sites is 2. The van der Waals surface area contributed by atoms with E-state index < -0.39 is 0 Å². The molecule has 2 rings (SSSR count). The summed E-state index contributed by atoms with van der Waals surface area (Å²) in [6.45, 7) is 0. The quantitative estimate of drug-likeness (QED) is 0.846. The van der Waals surface area contributed by atoms with Crippen LogP contribution in [0.15, 0.2) is 51.8 Å². The fraction of sp³-hybridized carbons (Fsp3) is 0.133. The molecule has 0 unspecified atom stereocenters. The fourth-order valence-electron chi connectivity index (χ4n) is 1.87. The van der Waals surface area contributed by atoms with Gasteiger partial charge in [0, 0.05) is 16.4 Å². The predicted molar refractivity (Wildman–Crippen MR) is 87.1 cm³/mol. The summed E-state index contributed by atoms with van der Waals surface area (Å²) < 4.78 is 6.02. The molecule has 2 aromatic carbocycles. The summed E-state index contributed by atoms with van der Waals surface area (Å²) in [5, 5.41) is 0. The first kappa shape index (κ1) is 14.9. The van der Waals surface area contributed by atoms with Crippen molar-refractivity contribution in [2.75, 3.05) is 19.1 Å². The van der Waals surface area contributed by atoms with E-state index in [0.29, 0.717) is 11.3 Å². The molecule has 0 aliphatic heterocycles. The summed E-state index contributed by atoms with van der Waals surface area (Å²) in [6, 6.07) is 12.8. The van der Waals surface area contributed by atoms with E-state index in [1.54, 1.807) is 25.1 Å². The zero-order valence-corrected chi connectivity index (χ0v) is 13.6. The Bertz CT molecular complexity index is 646. The van der Waals surface area contributed by atoms with Gasteiger partial charge in [0.15, 0.2) is 0 Å². The molecule has 2 aromatic rings. The Morgan fingerprint density at radius 2 is 1.95 bits per heavy atom. The van der Waals surface area contributed by atoms with E-state index in [2.05, 4.69) is 28.6 Å². The fourth-order valence-corrected chi connectivity index (χ4v) is 2.49. The van der Waals surface area contributed by atoms with Crippen LogP contribution in [0.3, 0.4) is 0 Å². The smallest absolute Gasteiger partial charge is 0.259 e. The van der Waals surface area contributed by atoms with Crippen molar-refractivity contribution in [1.29, 1.82) is 0 Å². The molecular formula is C15H14BrNO2S. The number of benzene rings is 2. The van der Waals surface area contributed by atoms with Gasteiger partial charge in [-0.15, -0.1) is 12.6 Å². The lowest BCUT2D eigenvalue weighted by atomic mass is 10.2. The van der Waals surface area contributed by atoms with Gasteiger partial charge < -0.3 is 9.64 Å². The number of thiol groups is 1. The maximum absolute atomic E-state index is 12.6. The summed E-state index contributed by atoms with van der Waals surface area (Å²) in [5.74, 6) is 0.527. The van der Waals surface area contributed by atoms with Crippen molar-refractivity contribution in [1.82, 2.24) is 0 Å². The van der Waals surface area contributed by atoms with Crippen molar-refractivity contribution in [3.8, 4) is 5.75 Å². The van der Waals surface area contributed by atoms with Gasteiger partial charge in [-0.2, -0.15) is 0 Å². The van der Waals surface area contributed by atoms with Crippen molar-refractivity contribution in [2.24, 2.45) is 0 Å². The first-order valence-electron chi connectivity index (χ1n) is 5.94. The van der Waals surface area contributed by atoms with Crippen molar-refractivity contribution in [3.05, 3.63) is 52.5 Å². The van der Waals surface area contributed by atoms with Crippen LogP contribution in [0, 0.1) is 0 Å². The molecule has 20 heavy (non-hydrogen) atoms. The first-order chi connectivity index (χ1) is 9.54. The van der Waals surface area contributed by atoms with Crippen LogP contribution in [-0.4, -0.2) is 20.1 Å². The van der Waals surface area contributed by atoms with Crippen LogP contribution in [-0.2, 0) is 0 Å². The minimum absolute atomic E-state index is 0.128. The zero-order chi connectivity index (χ0) is 14.7. The molecule has 0 aliphatic rings. The Labute approximate surface area is 132 Å². The summed E-state index contributed by atoms with van der Waals surface area (Å²) >= 11 is 7.67.